The Kier molecular flexibility index (Phi) is 8.92. The summed E-state index contributed by atoms with van der Waals surface area (Å²) in [5.74, 6) is -5.47. The quantitative estimate of drug-likeness (QED) is 0.391. The molecule has 3 aromatic rings. The molecule has 3 amide bonds. The van der Waals surface area contributed by atoms with Gasteiger partial charge in [0.2, 0.25) is 5.92 Å². The fourth-order valence-corrected chi connectivity index (χ4v) is 4.51. The summed E-state index contributed by atoms with van der Waals surface area (Å²) in [5, 5.41) is 16.6. The smallest absolute Gasteiger partial charge is 0.318 e. The van der Waals surface area contributed by atoms with E-state index in [0.717, 1.165) is 24.2 Å². The third-order valence-corrected chi connectivity index (χ3v) is 7.07. The molecule has 7 rings (SSSR count). The molecule has 3 saturated carbocycles. The van der Waals surface area contributed by atoms with Crippen molar-refractivity contribution in [1.29, 1.82) is 0 Å². The van der Waals surface area contributed by atoms with E-state index in [0.29, 0.717) is 35.4 Å². The van der Waals surface area contributed by atoms with Crippen LogP contribution < -0.4 is 10.6 Å². The number of nitrogens with one attached hydrogen (secondary N) is 2. The van der Waals surface area contributed by atoms with Crippen molar-refractivity contribution in [2.45, 2.75) is 95.1 Å². The largest absolute Gasteiger partial charge is 0.345 e. The van der Waals surface area contributed by atoms with Crippen molar-refractivity contribution in [3.8, 4) is 0 Å². The van der Waals surface area contributed by atoms with Crippen molar-refractivity contribution in [1.82, 2.24) is 40.4 Å². The summed E-state index contributed by atoms with van der Waals surface area (Å²) in [5.41, 5.74) is 2.33. The Morgan fingerprint density at radius 2 is 1.76 bits per heavy atom. The van der Waals surface area contributed by atoms with Crippen molar-refractivity contribution in [3.05, 3.63) is 41.1 Å². The lowest BCUT2D eigenvalue weighted by Crippen LogP contribution is -2.56. The predicted molar refractivity (Wildman–Crippen MR) is 141 cm³/mol. The highest BCUT2D eigenvalue weighted by Gasteiger charge is 2.39. The zero-order valence-electron chi connectivity index (χ0n) is 23.1. The van der Waals surface area contributed by atoms with Crippen molar-refractivity contribution in [2.75, 3.05) is 13.1 Å². The molecule has 0 bridgehead atoms. The summed E-state index contributed by atoms with van der Waals surface area (Å²) < 4.78 is 57.8. The Hall–Kier alpha value is -3.78. The number of imidazole rings is 1. The number of carbonyl (C=O) groups is 2. The van der Waals surface area contributed by atoms with E-state index in [1.807, 2.05) is 0 Å². The number of carbonyl (C=O) groups excluding carboxylic acids is 2. The first-order chi connectivity index (χ1) is 20.1. The summed E-state index contributed by atoms with van der Waals surface area (Å²) in [6.07, 6.45) is 12.2. The predicted octanol–water partition coefficient (Wildman–Crippen LogP) is 4.84. The van der Waals surface area contributed by atoms with Gasteiger partial charge in [0.15, 0.2) is 11.3 Å². The van der Waals surface area contributed by atoms with Crippen LogP contribution in [0.15, 0.2) is 23.1 Å². The summed E-state index contributed by atoms with van der Waals surface area (Å²) >= 11 is 0. The summed E-state index contributed by atoms with van der Waals surface area (Å²) in [6.45, 7) is -1.21. The average molecular weight is 595 g/mol. The molecule has 3 aromatic heterocycles. The average Bonchev–Trinajstić information content (AvgIpc) is 3.90. The maximum atomic E-state index is 13.6. The minimum absolute atomic E-state index is 0.0209. The van der Waals surface area contributed by atoms with Crippen molar-refractivity contribution < 1.29 is 31.8 Å². The SMILES string of the molecule is C1CC1.FC1(F)CCCCC1.O=C(NCc1cn2ncc(CN3CC(F)(F)CNC3=O)cc2n1)c1nonc1C1CC1. The van der Waals surface area contributed by atoms with Gasteiger partial charge in [-0.1, -0.05) is 30.8 Å². The number of fused-ring (bicyclic) bond motifs is 1. The second-order valence-corrected chi connectivity index (χ2v) is 11.2. The van der Waals surface area contributed by atoms with Crippen LogP contribution in [0.5, 0.6) is 0 Å². The molecule has 4 fully saturated rings. The third-order valence-electron chi connectivity index (χ3n) is 7.07. The van der Waals surface area contributed by atoms with Gasteiger partial charge in [-0.2, -0.15) is 5.10 Å². The van der Waals surface area contributed by atoms with Gasteiger partial charge in [-0.05, 0) is 42.5 Å². The van der Waals surface area contributed by atoms with Gasteiger partial charge in [-0.15, -0.1) is 0 Å². The Labute approximate surface area is 239 Å². The van der Waals surface area contributed by atoms with E-state index in [1.165, 1.54) is 30.0 Å². The number of aromatic nitrogens is 5. The molecular formula is C27H34F4N8O3. The fraction of sp³-hybridized carbons (Fsp3) is 0.630. The molecule has 228 valence electrons. The number of hydrogen-bond donors (Lipinski definition) is 2. The van der Waals surface area contributed by atoms with E-state index in [9.17, 15) is 27.2 Å². The van der Waals surface area contributed by atoms with E-state index in [1.54, 1.807) is 12.3 Å². The molecule has 2 N–H and O–H groups in total. The van der Waals surface area contributed by atoms with Crippen LogP contribution in [-0.2, 0) is 13.1 Å². The maximum Gasteiger partial charge on any atom is 0.318 e. The van der Waals surface area contributed by atoms with Gasteiger partial charge in [0.05, 0.1) is 37.7 Å². The highest BCUT2D eigenvalue weighted by Crippen LogP contribution is 2.40. The molecule has 0 radical (unpaired) electrons. The first-order valence-electron chi connectivity index (χ1n) is 14.3. The van der Waals surface area contributed by atoms with Crippen LogP contribution in [0.2, 0.25) is 0 Å². The molecule has 0 unspecified atom stereocenters. The molecule has 4 aliphatic rings. The van der Waals surface area contributed by atoms with Crippen LogP contribution in [-0.4, -0.2) is 66.7 Å². The van der Waals surface area contributed by atoms with Gasteiger partial charge < -0.3 is 15.5 Å². The fourth-order valence-electron chi connectivity index (χ4n) is 4.51. The lowest BCUT2D eigenvalue weighted by Gasteiger charge is -2.32. The van der Waals surface area contributed by atoms with Crippen LogP contribution in [0.1, 0.15) is 97.6 Å². The highest BCUT2D eigenvalue weighted by molar-refractivity contribution is 5.93. The normalized spacial score (nSPS) is 20.5. The van der Waals surface area contributed by atoms with E-state index in [2.05, 4.69) is 31.0 Å². The van der Waals surface area contributed by atoms with Crippen LogP contribution in [0.3, 0.4) is 0 Å². The number of urea groups is 1. The highest BCUT2D eigenvalue weighted by atomic mass is 19.3. The third kappa shape index (κ3) is 8.38. The van der Waals surface area contributed by atoms with E-state index >= 15 is 0 Å². The first kappa shape index (κ1) is 29.7. The van der Waals surface area contributed by atoms with Crippen LogP contribution >= 0.6 is 0 Å². The Morgan fingerprint density at radius 1 is 1.05 bits per heavy atom. The van der Waals surface area contributed by atoms with Gasteiger partial charge in [0.1, 0.15) is 5.69 Å². The van der Waals surface area contributed by atoms with E-state index in [-0.39, 0.29) is 37.5 Å². The van der Waals surface area contributed by atoms with Crippen LogP contribution in [0.4, 0.5) is 22.4 Å². The van der Waals surface area contributed by atoms with E-state index in [4.69, 9.17) is 4.63 Å². The lowest BCUT2D eigenvalue weighted by molar-refractivity contribution is -0.0368. The molecule has 0 spiro atoms. The van der Waals surface area contributed by atoms with Gasteiger partial charge in [-0.3, -0.25) is 4.79 Å². The van der Waals surface area contributed by atoms with E-state index < -0.39 is 36.9 Å². The van der Waals surface area contributed by atoms with Gasteiger partial charge in [0, 0.05) is 25.3 Å². The van der Waals surface area contributed by atoms with Crippen molar-refractivity contribution in [3.63, 3.8) is 0 Å². The van der Waals surface area contributed by atoms with Gasteiger partial charge >= 0.3 is 6.03 Å². The molecular weight excluding hydrogens is 560 g/mol. The zero-order chi connectivity index (χ0) is 29.7. The monoisotopic (exact) mass is 594 g/mol. The Balaban J connectivity index is 0.000000268. The van der Waals surface area contributed by atoms with Crippen LogP contribution in [0.25, 0.3) is 5.65 Å². The molecule has 0 atom stereocenters. The van der Waals surface area contributed by atoms with Crippen molar-refractivity contribution in [2.24, 2.45) is 0 Å². The summed E-state index contributed by atoms with van der Waals surface area (Å²) in [7, 11) is 0. The number of hydrogen-bond acceptors (Lipinski definition) is 7. The summed E-state index contributed by atoms with van der Waals surface area (Å²) in [6, 6.07) is 1.11. The molecule has 1 saturated heterocycles. The molecule has 15 heteroatoms. The maximum absolute atomic E-state index is 13.6. The molecule has 42 heavy (non-hydrogen) atoms. The number of rotatable bonds is 6. The molecule has 11 nitrogen and oxygen atoms in total. The second-order valence-electron chi connectivity index (χ2n) is 11.2. The lowest BCUT2D eigenvalue weighted by atomic mass is 9.97. The number of amides is 3. The van der Waals surface area contributed by atoms with Gasteiger partial charge in [-0.25, -0.2) is 36.5 Å². The molecule has 0 aromatic carbocycles. The minimum atomic E-state index is -2.98. The topological polar surface area (TPSA) is 131 Å². The summed E-state index contributed by atoms with van der Waals surface area (Å²) in [4.78, 5) is 29.7. The molecule has 4 heterocycles. The number of nitrogens with zero attached hydrogens (tertiary/aromatic N) is 6. The standard InChI is InChI=1S/C18H18F2N8O3.C6H10F2.C3H6/c19-18(20)8-22-17(30)27(9-18)6-10-3-13-24-12(7-28(13)23-4-10)5-21-16(29)15-14(11-1-2-11)25-31-26-15;7-6(8)4-2-1-3-5-6;1-2-3-1/h3-4,7,11H,1-2,5-6,8-9H2,(H,21,29)(H,22,30);1-5H2;1-3H2. The second kappa shape index (κ2) is 12.6. The van der Waals surface area contributed by atoms with Crippen molar-refractivity contribution >= 4 is 17.6 Å². The first-order valence-corrected chi connectivity index (χ1v) is 14.3. The zero-order valence-corrected chi connectivity index (χ0v) is 23.1. The minimum Gasteiger partial charge on any atom is -0.345 e. The molecule has 3 aliphatic carbocycles. The van der Waals surface area contributed by atoms with Gasteiger partial charge in [0.25, 0.3) is 11.8 Å². The number of halogens is 4. The molecule has 1 aliphatic heterocycles. The number of alkyl halides is 4. The Morgan fingerprint density at radius 3 is 2.40 bits per heavy atom. The van der Waals surface area contributed by atoms with Crippen LogP contribution in [0, 0.1) is 0 Å². The Bertz CT molecular complexity index is 1380.